The summed E-state index contributed by atoms with van der Waals surface area (Å²) >= 11 is 0. The van der Waals surface area contributed by atoms with E-state index in [4.69, 9.17) is 15.6 Å². The van der Waals surface area contributed by atoms with E-state index in [0.717, 1.165) is 0 Å². The summed E-state index contributed by atoms with van der Waals surface area (Å²) in [6, 6.07) is 6.70. The summed E-state index contributed by atoms with van der Waals surface area (Å²) in [4.78, 5) is 22.8. The van der Waals surface area contributed by atoms with Crippen molar-refractivity contribution in [2.45, 2.75) is 30.2 Å². The van der Waals surface area contributed by atoms with Crippen molar-refractivity contribution in [3.05, 3.63) is 30.3 Å². The van der Waals surface area contributed by atoms with Crippen LogP contribution >= 0.6 is 0 Å². The van der Waals surface area contributed by atoms with Gasteiger partial charge < -0.3 is 20.9 Å². The third kappa shape index (κ3) is 6.97. The van der Waals surface area contributed by atoms with Crippen molar-refractivity contribution in [2.24, 2.45) is 5.73 Å². The van der Waals surface area contributed by atoms with E-state index in [2.05, 4.69) is 5.32 Å². The quantitative estimate of drug-likeness (QED) is 0.525. The number of carboxylic acids is 1. The molecule has 0 spiro atoms. The molecule has 0 saturated heterocycles. The first-order valence-electron chi connectivity index (χ1n) is 7.51. The number of hydrogen-bond donors (Lipinski definition) is 3. The van der Waals surface area contributed by atoms with Gasteiger partial charge in [-0.05, 0) is 37.9 Å². The largest absolute Gasteiger partial charge is 0.480 e. The number of ether oxygens (including phenoxy) is 1. The Kier molecular flexibility index (Phi) is 8.20. The van der Waals surface area contributed by atoms with Crippen molar-refractivity contribution in [1.29, 1.82) is 0 Å². The molecule has 1 amide bonds. The molecule has 1 aromatic carbocycles. The Hall–Kier alpha value is -2.13. The number of sulfone groups is 1. The predicted molar refractivity (Wildman–Crippen MR) is 87.3 cm³/mol. The molecule has 0 saturated carbocycles. The molecule has 0 bridgehead atoms. The Bertz CT molecular complexity index is 633. The molecule has 1 atom stereocenters. The van der Waals surface area contributed by atoms with Crippen LogP contribution in [0.25, 0.3) is 0 Å². The lowest BCUT2D eigenvalue weighted by Crippen LogP contribution is -2.41. The fourth-order valence-corrected chi connectivity index (χ4v) is 3.03. The first-order valence-corrected chi connectivity index (χ1v) is 9.16. The van der Waals surface area contributed by atoms with Crippen molar-refractivity contribution < 1.29 is 27.9 Å². The second-order valence-corrected chi connectivity index (χ2v) is 7.20. The molecule has 0 aliphatic heterocycles. The molecule has 1 aromatic rings. The predicted octanol–water partition coefficient (Wildman–Crippen LogP) is 0.769. The molecule has 24 heavy (non-hydrogen) atoms. The highest BCUT2D eigenvalue weighted by atomic mass is 32.2. The van der Waals surface area contributed by atoms with E-state index < -0.39 is 27.9 Å². The normalized spacial score (nSPS) is 12.4. The number of aliphatic carboxylic acids is 1. The minimum Gasteiger partial charge on any atom is -0.480 e. The Labute approximate surface area is 140 Å². The summed E-state index contributed by atoms with van der Waals surface area (Å²) in [5.74, 6) is -1.56. The molecular formula is C15H22N2O6S. The number of unbranched alkanes of at least 4 members (excludes halogenated alkanes) is 1. The second-order valence-electron chi connectivity index (χ2n) is 5.09. The third-order valence-corrected chi connectivity index (χ3v) is 4.92. The van der Waals surface area contributed by atoms with Crippen LogP contribution in [-0.2, 0) is 19.4 Å². The van der Waals surface area contributed by atoms with E-state index in [0.29, 0.717) is 19.4 Å². The highest BCUT2D eigenvalue weighted by Crippen LogP contribution is 2.09. The Balaban J connectivity index is 2.43. The van der Waals surface area contributed by atoms with Gasteiger partial charge in [-0.25, -0.2) is 18.0 Å². The average Bonchev–Trinajstić information content (AvgIpc) is 2.54. The van der Waals surface area contributed by atoms with Crippen LogP contribution in [-0.4, -0.2) is 50.5 Å². The van der Waals surface area contributed by atoms with E-state index in [9.17, 15) is 18.0 Å². The van der Waals surface area contributed by atoms with Gasteiger partial charge in [0.2, 0.25) is 0 Å². The van der Waals surface area contributed by atoms with Gasteiger partial charge in [0.1, 0.15) is 12.6 Å². The second kappa shape index (κ2) is 9.89. The zero-order chi connectivity index (χ0) is 18.0. The topological polar surface area (TPSA) is 136 Å². The van der Waals surface area contributed by atoms with Crippen LogP contribution in [0.5, 0.6) is 0 Å². The summed E-state index contributed by atoms with van der Waals surface area (Å²) < 4.78 is 28.8. The molecule has 134 valence electrons. The van der Waals surface area contributed by atoms with Gasteiger partial charge in [0.15, 0.2) is 9.84 Å². The minimum absolute atomic E-state index is 0.138. The van der Waals surface area contributed by atoms with E-state index in [1.165, 1.54) is 12.1 Å². The van der Waals surface area contributed by atoms with Gasteiger partial charge in [0.25, 0.3) is 0 Å². The Morgan fingerprint density at radius 2 is 1.88 bits per heavy atom. The van der Waals surface area contributed by atoms with Gasteiger partial charge in [0.05, 0.1) is 10.6 Å². The summed E-state index contributed by atoms with van der Waals surface area (Å²) in [5.41, 5.74) is 5.33. The summed E-state index contributed by atoms with van der Waals surface area (Å²) in [7, 11) is -3.55. The number of rotatable bonds is 10. The van der Waals surface area contributed by atoms with Crippen molar-refractivity contribution in [3.8, 4) is 0 Å². The van der Waals surface area contributed by atoms with Crippen LogP contribution < -0.4 is 11.1 Å². The van der Waals surface area contributed by atoms with Gasteiger partial charge >= 0.3 is 12.1 Å². The number of amides is 1. The highest BCUT2D eigenvalue weighted by molar-refractivity contribution is 7.91. The lowest BCUT2D eigenvalue weighted by atomic mass is 10.1. The van der Waals surface area contributed by atoms with Gasteiger partial charge in [-0.1, -0.05) is 18.2 Å². The van der Waals surface area contributed by atoms with Crippen LogP contribution in [0.3, 0.4) is 0 Å². The molecule has 4 N–H and O–H groups in total. The molecule has 1 rings (SSSR count). The summed E-state index contributed by atoms with van der Waals surface area (Å²) in [5, 5.41) is 11.2. The monoisotopic (exact) mass is 358 g/mol. The Morgan fingerprint density at radius 1 is 1.21 bits per heavy atom. The number of carbonyl (C=O) groups is 2. The fraction of sp³-hybridized carbons (Fsp3) is 0.467. The zero-order valence-corrected chi connectivity index (χ0v) is 14.0. The van der Waals surface area contributed by atoms with Crippen LogP contribution in [0.4, 0.5) is 4.79 Å². The van der Waals surface area contributed by atoms with Gasteiger partial charge in [-0.2, -0.15) is 0 Å². The van der Waals surface area contributed by atoms with Crippen molar-refractivity contribution in [2.75, 3.05) is 18.9 Å². The molecule has 0 aromatic heterocycles. The standard InChI is InChI=1S/C15H22N2O6S/c16-9-5-4-8-13(14(18)19)17-15(20)23-10-11-24(21,22)12-6-2-1-3-7-12/h1-3,6-7,13H,4-5,8-11,16H2,(H,17,20)(H,18,19)/t13-/m0/s1. The number of nitrogens with one attached hydrogen (secondary N) is 1. The van der Waals surface area contributed by atoms with Crippen molar-refractivity contribution >= 4 is 21.9 Å². The molecule has 0 heterocycles. The number of benzene rings is 1. The molecule has 0 unspecified atom stereocenters. The molecule has 0 aliphatic carbocycles. The number of carboxylic acid groups (broad SMARTS) is 1. The van der Waals surface area contributed by atoms with Gasteiger partial charge in [-0.3, -0.25) is 0 Å². The molecule has 0 aliphatic rings. The summed E-state index contributed by atoms with van der Waals surface area (Å²) in [6.07, 6.45) is 0.467. The van der Waals surface area contributed by atoms with E-state index in [-0.39, 0.29) is 23.7 Å². The first-order chi connectivity index (χ1) is 11.4. The van der Waals surface area contributed by atoms with Crippen LogP contribution in [0.1, 0.15) is 19.3 Å². The van der Waals surface area contributed by atoms with Gasteiger partial charge in [0, 0.05) is 0 Å². The van der Waals surface area contributed by atoms with E-state index >= 15 is 0 Å². The SMILES string of the molecule is NCCCC[C@H](NC(=O)OCCS(=O)(=O)c1ccccc1)C(=O)O. The lowest BCUT2D eigenvalue weighted by Gasteiger charge is -2.14. The smallest absolute Gasteiger partial charge is 0.407 e. The maximum Gasteiger partial charge on any atom is 0.407 e. The summed E-state index contributed by atoms with van der Waals surface area (Å²) in [6.45, 7) is 0.0757. The fourth-order valence-electron chi connectivity index (χ4n) is 1.92. The van der Waals surface area contributed by atoms with Crippen molar-refractivity contribution in [3.63, 3.8) is 0 Å². The molecule has 9 heteroatoms. The van der Waals surface area contributed by atoms with Crippen LogP contribution in [0.15, 0.2) is 35.2 Å². The molecule has 0 radical (unpaired) electrons. The molecule has 8 nitrogen and oxygen atoms in total. The molecular weight excluding hydrogens is 336 g/mol. The zero-order valence-electron chi connectivity index (χ0n) is 13.2. The Morgan fingerprint density at radius 3 is 2.46 bits per heavy atom. The number of alkyl carbamates (subject to hydrolysis) is 1. The lowest BCUT2D eigenvalue weighted by molar-refractivity contribution is -0.139. The number of carbonyl (C=O) groups excluding carboxylic acids is 1. The van der Waals surface area contributed by atoms with Gasteiger partial charge in [-0.15, -0.1) is 0 Å². The maximum atomic E-state index is 12.0. The van der Waals surface area contributed by atoms with E-state index in [1.54, 1.807) is 18.2 Å². The van der Waals surface area contributed by atoms with E-state index in [1.807, 2.05) is 0 Å². The van der Waals surface area contributed by atoms with Crippen molar-refractivity contribution in [1.82, 2.24) is 5.32 Å². The number of hydrogen-bond acceptors (Lipinski definition) is 6. The van der Waals surface area contributed by atoms with Crippen LogP contribution in [0.2, 0.25) is 0 Å². The number of nitrogens with two attached hydrogens (primary N) is 1. The first kappa shape index (κ1) is 19.9. The van der Waals surface area contributed by atoms with Crippen LogP contribution in [0, 0.1) is 0 Å². The third-order valence-electron chi connectivity index (χ3n) is 3.22. The maximum absolute atomic E-state index is 12.0. The minimum atomic E-state index is -3.55. The molecule has 0 fully saturated rings. The highest BCUT2D eigenvalue weighted by Gasteiger charge is 2.21. The average molecular weight is 358 g/mol.